The van der Waals surface area contributed by atoms with Crippen molar-refractivity contribution in [1.29, 1.82) is 5.26 Å². The number of hydrogen-bond donors (Lipinski definition) is 0. The van der Waals surface area contributed by atoms with Gasteiger partial charge in [-0.25, -0.2) is 9.97 Å². The van der Waals surface area contributed by atoms with E-state index < -0.39 is 0 Å². The molecule has 4 nitrogen and oxygen atoms in total. The topological polar surface area (TPSA) is 54.0 Å². The number of hydrogen-bond acceptors (Lipinski definition) is 4. The van der Waals surface area contributed by atoms with Crippen molar-refractivity contribution < 1.29 is 0 Å². The smallest absolute Gasteiger partial charge is 0.158 e. The van der Waals surface area contributed by atoms with Crippen LogP contribution in [0.1, 0.15) is 17.0 Å². The molecular formula is C12H8N4S. The molecule has 0 N–H and O–H groups in total. The van der Waals surface area contributed by atoms with E-state index in [-0.39, 0.29) is 0 Å². The molecule has 0 unspecified atom stereocenters. The number of thiophene rings is 1. The number of nitriles is 1. The van der Waals surface area contributed by atoms with E-state index in [1.807, 2.05) is 16.0 Å². The average Bonchev–Trinajstić information content (AvgIpc) is 2.98. The van der Waals surface area contributed by atoms with Gasteiger partial charge >= 0.3 is 0 Å². The molecule has 17 heavy (non-hydrogen) atoms. The summed E-state index contributed by atoms with van der Waals surface area (Å²) in [6.07, 6.45) is 5.95. The van der Waals surface area contributed by atoms with Crippen LogP contribution < -0.4 is 0 Å². The lowest BCUT2D eigenvalue weighted by Gasteiger charge is -2.02. The Morgan fingerprint density at radius 3 is 3.18 bits per heavy atom. The summed E-state index contributed by atoms with van der Waals surface area (Å²) in [7, 11) is 0. The van der Waals surface area contributed by atoms with Crippen LogP contribution in [0.25, 0.3) is 5.65 Å². The van der Waals surface area contributed by atoms with Gasteiger partial charge in [0.15, 0.2) is 11.3 Å². The number of imidazole rings is 1. The van der Waals surface area contributed by atoms with Crippen molar-refractivity contribution in [3.05, 3.63) is 52.4 Å². The number of rotatable bonds is 2. The summed E-state index contributed by atoms with van der Waals surface area (Å²) >= 11 is 1.66. The van der Waals surface area contributed by atoms with Gasteiger partial charge in [0.2, 0.25) is 0 Å². The van der Waals surface area contributed by atoms with Crippen molar-refractivity contribution in [2.45, 2.75) is 6.42 Å². The maximum Gasteiger partial charge on any atom is 0.158 e. The van der Waals surface area contributed by atoms with E-state index in [1.54, 1.807) is 23.7 Å². The molecule has 0 saturated carbocycles. The van der Waals surface area contributed by atoms with E-state index in [4.69, 9.17) is 5.26 Å². The summed E-state index contributed by atoms with van der Waals surface area (Å²) in [5.41, 5.74) is 3.27. The van der Waals surface area contributed by atoms with Crippen LogP contribution in [0.4, 0.5) is 0 Å². The van der Waals surface area contributed by atoms with Gasteiger partial charge in [0, 0.05) is 25.0 Å². The molecule has 0 radical (unpaired) electrons. The monoisotopic (exact) mass is 240 g/mol. The molecule has 3 aromatic heterocycles. The predicted octanol–water partition coefficient (Wildman–Crippen LogP) is 2.25. The molecule has 5 heteroatoms. The highest BCUT2D eigenvalue weighted by Crippen LogP contribution is 2.15. The van der Waals surface area contributed by atoms with Gasteiger partial charge in [-0.2, -0.15) is 16.6 Å². The van der Waals surface area contributed by atoms with Crippen molar-refractivity contribution in [2.24, 2.45) is 0 Å². The Balaban J connectivity index is 2.14. The Labute approximate surface area is 102 Å². The first-order valence-corrected chi connectivity index (χ1v) is 6.05. The number of nitrogens with zero attached hydrogens (tertiary/aromatic N) is 4. The highest BCUT2D eigenvalue weighted by molar-refractivity contribution is 7.07. The van der Waals surface area contributed by atoms with Crippen molar-refractivity contribution in [2.75, 3.05) is 0 Å². The zero-order chi connectivity index (χ0) is 11.7. The van der Waals surface area contributed by atoms with Crippen molar-refractivity contribution >= 4 is 17.0 Å². The Morgan fingerprint density at radius 1 is 1.47 bits per heavy atom. The first-order valence-electron chi connectivity index (χ1n) is 5.10. The summed E-state index contributed by atoms with van der Waals surface area (Å²) < 4.78 is 1.84. The zero-order valence-electron chi connectivity index (χ0n) is 8.87. The van der Waals surface area contributed by atoms with Crippen LogP contribution in [0.5, 0.6) is 0 Å². The molecule has 3 aromatic rings. The minimum Gasteiger partial charge on any atom is -0.303 e. The molecule has 82 valence electrons. The molecule has 0 amide bonds. The molecular weight excluding hydrogens is 232 g/mol. The Kier molecular flexibility index (Phi) is 2.35. The summed E-state index contributed by atoms with van der Waals surface area (Å²) in [5, 5.41) is 13.1. The largest absolute Gasteiger partial charge is 0.303 e. The maximum atomic E-state index is 8.94. The summed E-state index contributed by atoms with van der Waals surface area (Å²) in [4.78, 5) is 8.60. The van der Waals surface area contributed by atoms with Gasteiger partial charge in [-0.3, -0.25) is 0 Å². The quantitative estimate of drug-likeness (QED) is 0.690. The standard InChI is InChI=1S/C12H8N4S/c13-6-10-7-16-3-2-14-12(16)11(15-10)5-9-1-4-17-8-9/h1-4,7-8H,5H2. The van der Waals surface area contributed by atoms with E-state index in [0.29, 0.717) is 12.1 Å². The molecule has 0 aromatic carbocycles. The molecule has 0 fully saturated rings. The second kappa shape index (κ2) is 4.00. The van der Waals surface area contributed by atoms with Gasteiger partial charge in [-0.05, 0) is 22.4 Å². The van der Waals surface area contributed by atoms with Crippen LogP contribution in [0.15, 0.2) is 35.4 Å². The van der Waals surface area contributed by atoms with Crippen LogP contribution in [-0.4, -0.2) is 14.4 Å². The third kappa shape index (κ3) is 1.79. The van der Waals surface area contributed by atoms with Gasteiger partial charge in [0.25, 0.3) is 0 Å². The SMILES string of the molecule is N#Cc1cn2ccnc2c(Cc2ccsc2)n1. The average molecular weight is 240 g/mol. The minimum absolute atomic E-state index is 0.417. The summed E-state index contributed by atoms with van der Waals surface area (Å²) in [6.45, 7) is 0. The number of aromatic nitrogens is 3. The normalized spacial score (nSPS) is 10.5. The second-order valence-corrected chi connectivity index (χ2v) is 4.43. The van der Waals surface area contributed by atoms with Gasteiger partial charge < -0.3 is 4.40 Å². The van der Waals surface area contributed by atoms with Crippen LogP contribution in [-0.2, 0) is 6.42 Å². The van der Waals surface area contributed by atoms with Crippen molar-refractivity contribution in [3.8, 4) is 6.07 Å². The van der Waals surface area contributed by atoms with Crippen molar-refractivity contribution in [1.82, 2.24) is 14.4 Å². The zero-order valence-corrected chi connectivity index (χ0v) is 9.68. The number of fused-ring (bicyclic) bond motifs is 1. The molecule has 3 rings (SSSR count). The van der Waals surface area contributed by atoms with Gasteiger partial charge in [0.05, 0.1) is 5.69 Å². The van der Waals surface area contributed by atoms with Crippen LogP contribution in [0.2, 0.25) is 0 Å². The Morgan fingerprint density at radius 2 is 2.41 bits per heavy atom. The fraction of sp³-hybridized carbons (Fsp3) is 0.0833. The molecule has 0 atom stereocenters. The lowest BCUT2D eigenvalue weighted by molar-refractivity contribution is 1.01. The molecule has 0 aliphatic heterocycles. The van der Waals surface area contributed by atoms with E-state index in [9.17, 15) is 0 Å². The van der Waals surface area contributed by atoms with Crippen LogP contribution in [0.3, 0.4) is 0 Å². The summed E-state index contributed by atoms with van der Waals surface area (Å²) in [6, 6.07) is 4.13. The van der Waals surface area contributed by atoms with E-state index >= 15 is 0 Å². The third-order valence-electron chi connectivity index (χ3n) is 2.51. The molecule has 0 bridgehead atoms. The van der Waals surface area contributed by atoms with Crippen molar-refractivity contribution in [3.63, 3.8) is 0 Å². The molecule has 0 aliphatic carbocycles. The third-order valence-corrected chi connectivity index (χ3v) is 3.24. The fourth-order valence-corrected chi connectivity index (χ4v) is 2.42. The molecule has 0 aliphatic rings. The summed E-state index contributed by atoms with van der Waals surface area (Å²) in [5.74, 6) is 0. The molecule has 0 spiro atoms. The Bertz CT molecular complexity index is 691. The first-order chi connectivity index (χ1) is 8.36. The molecule has 3 heterocycles. The van der Waals surface area contributed by atoms with Crippen LogP contribution in [0, 0.1) is 11.3 Å². The maximum absolute atomic E-state index is 8.94. The van der Waals surface area contributed by atoms with E-state index in [2.05, 4.69) is 27.5 Å². The molecule has 0 saturated heterocycles. The predicted molar refractivity (Wildman–Crippen MR) is 64.8 cm³/mol. The Hall–Kier alpha value is -2.19. The van der Waals surface area contributed by atoms with Gasteiger partial charge in [-0.1, -0.05) is 0 Å². The fourth-order valence-electron chi connectivity index (χ4n) is 1.76. The van der Waals surface area contributed by atoms with Gasteiger partial charge in [-0.15, -0.1) is 0 Å². The van der Waals surface area contributed by atoms with E-state index in [1.165, 1.54) is 5.56 Å². The lowest BCUT2D eigenvalue weighted by atomic mass is 10.2. The lowest BCUT2D eigenvalue weighted by Crippen LogP contribution is -2.00. The highest BCUT2D eigenvalue weighted by atomic mass is 32.1. The van der Waals surface area contributed by atoms with Crippen LogP contribution >= 0.6 is 11.3 Å². The van der Waals surface area contributed by atoms with Gasteiger partial charge in [0.1, 0.15) is 6.07 Å². The first kappa shape index (κ1) is 10.00. The highest BCUT2D eigenvalue weighted by Gasteiger charge is 2.08. The second-order valence-electron chi connectivity index (χ2n) is 3.65. The van der Waals surface area contributed by atoms with E-state index in [0.717, 1.165) is 11.3 Å². The minimum atomic E-state index is 0.417.